The number of carbonyl (C=O) groups is 1. The van der Waals surface area contributed by atoms with Gasteiger partial charge in [-0.3, -0.25) is 4.79 Å². The predicted molar refractivity (Wildman–Crippen MR) is 94.9 cm³/mol. The molecule has 0 aliphatic rings. The minimum Gasteiger partial charge on any atom is -0.497 e. The number of aryl methyl sites for hydroxylation is 1. The normalized spacial score (nSPS) is 12.5. The second kappa shape index (κ2) is 7.49. The number of carbonyl (C=O) groups excluding carboxylic acids is 1. The van der Waals surface area contributed by atoms with Gasteiger partial charge in [-0.2, -0.15) is 0 Å². The number of nitrogens with one attached hydrogen (secondary N) is 1. The van der Waals surface area contributed by atoms with Crippen LogP contribution in [0, 0.1) is 6.92 Å². The summed E-state index contributed by atoms with van der Waals surface area (Å²) in [5.41, 5.74) is 2.19. The average Bonchev–Trinajstić information content (AvgIpc) is 2.54. The Kier molecular flexibility index (Phi) is 5.62. The predicted octanol–water partition coefficient (Wildman–Crippen LogP) is 2.95. The first-order chi connectivity index (χ1) is 11.3. The molecule has 0 aliphatic heterocycles. The number of methoxy groups -OCH3 is 1. The van der Waals surface area contributed by atoms with Gasteiger partial charge in [0.25, 0.3) is 0 Å². The molecule has 0 saturated heterocycles. The largest absolute Gasteiger partial charge is 0.497 e. The van der Waals surface area contributed by atoms with Crippen LogP contribution in [0.25, 0.3) is 0 Å². The Morgan fingerprint density at radius 2 is 1.83 bits per heavy atom. The summed E-state index contributed by atoms with van der Waals surface area (Å²) in [4.78, 5) is 12.2. The van der Waals surface area contributed by atoms with E-state index in [0.29, 0.717) is 17.0 Å². The van der Waals surface area contributed by atoms with E-state index in [4.69, 9.17) is 4.74 Å². The molecule has 6 heteroatoms. The SMILES string of the molecule is COc1ccc(NC(=O)C(C)S(=O)(=O)Cc2cccc(C)c2)cc1. The van der Waals surface area contributed by atoms with Crippen LogP contribution < -0.4 is 10.1 Å². The van der Waals surface area contributed by atoms with Gasteiger partial charge in [-0.05, 0) is 43.7 Å². The van der Waals surface area contributed by atoms with E-state index in [1.165, 1.54) is 6.92 Å². The fourth-order valence-electron chi connectivity index (χ4n) is 2.24. The average molecular weight is 347 g/mol. The molecule has 0 heterocycles. The van der Waals surface area contributed by atoms with Crippen molar-refractivity contribution in [3.8, 4) is 5.75 Å². The Labute approximate surface area is 142 Å². The van der Waals surface area contributed by atoms with Crippen molar-refractivity contribution in [1.29, 1.82) is 0 Å². The molecular formula is C18H21NO4S. The van der Waals surface area contributed by atoms with E-state index in [1.54, 1.807) is 37.4 Å². The van der Waals surface area contributed by atoms with Gasteiger partial charge in [0.05, 0.1) is 12.9 Å². The lowest BCUT2D eigenvalue weighted by Crippen LogP contribution is -2.33. The molecule has 1 amide bonds. The molecule has 1 unspecified atom stereocenters. The van der Waals surface area contributed by atoms with Gasteiger partial charge >= 0.3 is 0 Å². The minimum atomic E-state index is -3.60. The van der Waals surface area contributed by atoms with Gasteiger partial charge in [0.15, 0.2) is 9.84 Å². The third-order valence-corrected chi connectivity index (χ3v) is 5.74. The van der Waals surface area contributed by atoms with Crippen LogP contribution in [0.1, 0.15) is 18.1 Å². The lowest BCUT2D eigenvalue weighted by molar-refractivity contribution is -0.115. The molecule has 0 bridgehead atoms. The molecule has 128 valence electrons. The van der Waals surface area contributed by atoms with E-state index in [9.17, 15) is 13.2 Å². The van der Waals surface area contributed by atoms with Gasteiger partial charge in [-0.25, -0.2) is 8.42 Å². The fourth-order valence-corrected chi connectivity index (χ4v) is 3.52. The third-order valence-electron chi connectivity index (χ3n) is 3.72. The van der Waals surface area contributed by atoms with Crippen molar-refractivity contribution in [2.75, 3.05) is 12.4 Å². The van der Waals surface area contributed by atoms with Crippen molar-refractivity contribution in [3.63, 3.8) is 0 Å². The molecule has 2 aromatic carbocycles. The quantitative estimate of drug-likeness (QED) is 0.872. The van der Waals surface area contributed by atoms with Crippen molar-refractivity contribution in [3.05, 3.63) is 59.7 Å². The number of benzene rings is 2. The van der Waals surface area contributed by atoms with Crippen molar-refractivity contribution in [2.24, 2.45) is 0 Å². The number of anilines is 1. The van der Waals surface area contributed by atoms with Gasteiger partial charge in [-0.15, -0.1) is 0 Å². The van der Waals surface area contributed by atoms with Gasteiger partial charge in [0.1, 0.15) is 11.0 Å². The standard InChI is InChI=1S/C18H21NO4S/c1-13-5-4-6-15(11-13)12-24(21,22)14(2)18(20)19-16-7-9-17(23-3)10-8-16/h4-11,14H,12H2,1-3H3,(H,19,20). The van der Waals surface area contributed by atoms with Crippen LogP contribution in [0.2, 0.25) is 0 Å². The van der Waals surface area contributed by atoms with E-state index in [-0.39, 0.29) is 5.75 Å². The van der Waals surface area contributed by atoms with E-state index in [1.807, 2.05) is 25.1 Å². The molecule has 0 saturated carbocycles. The molecule has 1 N–H and O–H groups in total. The van der Waals surface area contributed by atoms with Crippen molar-refractivity contribution < 1.29 is 17.9 Å². The van der Waals surface area contributed by atoms with E-state index >= 15 is 0 Å². The number of hydrogen-bond donors (Lipinski definition) is 1. The Morgan fingerprint density at radius 1 is 1.17 bits per heavy atom. The van der Waals surface area contributed by atoms with Crippen LogP contribution in [-0.4, -0.2) is 26.7 Å². The lowest BCUT2D eigenvalue weighted by atomic mass is 10.2. The van der Waals surface area contributed by atoms with Crippen LogP contribution in [0.5, 0.6) is 5.75 Å². The minimum absolute atomic E-state index is 0.161. The highest BCUT2D eigenvalue weighted by molar-refractivity contribution is 7.92. The maximum atomic E-state index is 12.5. The lowest BCUT2D eigenvalue weighted by Gasteiger charge is -2.14. The first-order valence-corrected chi connectivity index (χ1v) is 9.25. The topological polar surface area (TPSA) is 72.5 Å². The molecule has 0 aliphatic carbocycles. The van der Waals surface area contributed by atoms with Crippen LogP contribution in [-0.2, 0) is 20.4 Å². The summed E-state index contributed by atoms with van der Waals surface area (Å²) in [6, 6.07) is 14.0. The van der Waals surface area contributed by atoms with Crippen LogP contribution >= 0.6 is 0 Å². The molecule has 2 rings (SSSR count). The van der Waals surface area contributed by atoms with Crippen LogP contribution in [0.15, 0.2) is 48.5 Å². The molecule has 2 aromatic rings. The first kappa shape index (κ1) is 18.0. The van der Waals surface area contributed by atoms with E-state index < -0.39 is 21.0 Å². The third kappa shape index (κ3) is 4.58. The molecule has 1 atom stereocenters. The Morgan fingerprint density at radius 3 is 2.42 bits per heavy atom. The summed E-state index contributed by atoms with van der Waals surface area (Å²) in [6.07, 6.45) is 0. The summed E-state index contributed by atoms with van der Waals surface area (Å²) in [6.45, 7) is 3.31. The first-order valence-electron chi connectivity index (χ1n) is 7.54. The summed E-state index contributed by atoms with van der Waals surface area (Å²) in [5, 5.41) is 1.48. The van der Waals surface area contributed by atoms with Crippen molar-refractivity contribution in [2.45, 2.75) is 24.9 Å². The highest BCUT2D eigenvalue weighted by atomic mass is 32.2. The molecule has 0 radical (unpaired) electrons. The number of hydrogen-bond acceptors (Lipinski definition) is 4. The number of sulfone groups is 1. The molecule has 0 spiro atoms. The summed E-state index contributed by atoms with van der Waals surface area (Å²) in [5.74, 6) is -0.0489. The van der Waals surface area contributed by atoms with Gasteiger partial charge in [-0.1, -0.05) is 29.8 Å². The van der Waals surface area contributed by atoms with Gasteiger partial charge in [0.2, 0.25) is 5.91 Å². The van der Waals surface area contributed by atoms with Gasteiger partial charge in [0, 0.05) is 5.69 Å². The molecule has 0 aromatic heterocycles. The number of amides is 1. The highest BCUT2D eigenvalue weighted by Gasteiger charge is 2.28. The van der Waals surface area contributed by atoms with Crippen LogP contribution in [0.3, 0.4) is 0 Å². The van der Waals surface area contributed by atoms with E-state index in [0.717, 1.165) is 5.56 Å². The molecule has 5 nitrogen and oxygen atoms in total. The second-order valence-corrected chi connectivity index (χ2v) is 7.98. The zero-order valence-electron chi connectivity index (χ0n) is 13.9. The fraction of sp³-hybridized carbons (Fsp3) is 0.278. The second-order valence-electron chi connectivity index (χ2n) is 5.66. The highest BCUT2D eigenvalue weighted by Crippen LogP contribution is 2.17. The smallest absolute Gasteiger partial charge is 0.242 e. The van der Waals surface area contributed by atoms with Gasteiger partial charge < -0.3 is 10.1 Å². The van der Waals surface area contributed by atoms with Crippen LogP contribution in [0.4, 0.5) is 5.69 Å². The zero-order chi connectivity index (χ0) is 17.7. The van der Waals surface area contributed by atoms with E-state index in [2.05, 4.69) is 5.32 Å². The maximum absolute atomic E-state index is 12.5. The Bertz CT molecular complexity index is 813. The summed E-state index contributed by atoms with van der Waals surface area (Å²) < 4.78 is 30.0. The van der Waals surface area contributed by atoms with Crippen molar-refractivity contribution >= 4 is 21.4 Å². The zero-order valence-corrected chi connectivity index (χ0v) is 14.8. The number of rotatable bonds is 6. The molecule has 24 heavy (non-hydrogen) atoms. The Balaban J connectivity index is 2.07. The van der Waals surface area contributed by atoms with Crippen molar-refractivity contribution in [1.82, 2.24) is 0 Å². The molecular weight excluding hydrogens is 326 g/mol. The monoisotopic (exact) mass is 347 g/mol. The maximum Gasteiger partial charge on any atom is 0.242 e. The summed E-state index contributed by atoms with van der Waals surface area (Å²) in [7, 11) is -2.05. The number of ether oxygens (including phenoxy) is 1. The molecule has 0 fully saturated rings. The Hall–Kier alpha value is -2.34. The summed E-state index contributed by atoms with van der Waals surface area (Å²) >= 11 is 0.